The molecule has 2 heterocycles. The zero-order valence-corrected chi connectivity index (χ0v) is 12.5. The molecule has 1 fully saturated rings. The Labute approximate surface area is 120 Å². The number of rotatable bonds is 2. The van der Waals surface area contributed by atoms with Crippen LogP contribution in [-0.4, -0.2) is 30.0 Å². The number of carbonyl (C=O) groups excluding carboxylic acids is 1. The molecule has 1 amide bonds. The van der Waals surface area contributed by atoms with Crippen LogP contribution in [0.3, 0.4) is 0 Å². The van der Waals surface area contributed by atoms with Gasteiger partial charge in [-0.1, -0.05) is 11.6 Å². The van der Waals surface area contributed by atoms with E-state index >= 15 is 0 Å². The molecule has 0 aliphatic carbocycles. The van der Waals surface area contributed by atoms with Gasteiger partial charge in [0.15, 0.2) is 0 Å². The summed E-state index contributed by atoms with van der Waals surface area (Å²) in [5, 5.41) is 3.58. The van der Waals surface area contributed by atoms with Gasteiger partial charge in [0.1, 0.15) is 5.82 Å². The zero-order valence-electron chi connectivity index (χ0n) is 10.1. The van der Waals surface area contributed by atoms with Gasteiger partial charge in [-0.3, -0.25) is 4.79 Å². The summed E-state index contributed by atoms with van der Waals surface area (Å²) in [4.78, 5) is 17.6. The molecular weight excluding hydrogens is 318 g/mol. The van der Waals surface area contributed by atoms with Gasteiger partial charge in [0.25, 0.3) is 0 Å². The Kier molecular flexibility index (Phi) is 4.45. The third-order valence-electron chi connectivity index (χ3n) is 2.99. The van der Waals surface area contributed by atoms with Crippen LogP contribution < -0.4 is 10.2 Å². The molecule has 1 aromatic rings. The van der Waals surface area contributed by atoms with E-state index in [4.69, 9.17) is 11.6 Å². The molecular formula is C12H15BrClN3O. The van der Waals surface area contributed by atoms with Crippen LogP contribution in [0.25, 0.3) is 0 Å². The number of anilines is 1. The number of hydrogen-bond donors (Lipinski definition) is 1. The Bertz CT molecular complexity index is 447. The third-order valence-corrected chi connectivity index (χ3v) is 3.78. The van der Waals surface area contributed by atoms with Crippen molar-refractivity contribution in [3.05, 3.63) is 21.8 Å². The average Bonchev–Trinajstić information content (AvgIpc) is 2.30. The number of nitrogens with zero attached hydrogens (tertiary/aromatic N) is 2. The summed E-state index contributed by atoms with van der Waals surface area (Å²) in [5.74, 6) is 0.958. The van der Waals surface area contributed by atoms with Gasteiger partial charge in [-0.2, -0.15) is 0 Å². The van der Waals surface area contributed by atoms with Gasteiger partial charge in [0, 0.05) is 32.3 Å². The molecule has 0 radical (unpaired) electrons. The summed E-state index contributed by atoms with van der Waals surface area (Å²) < 4.78 is 0.910. The van der Waals surface area contributed by atoms with E-state index < -0.39 is 0 Å². The van der Waals surface area contributed by atoms with Crippen molar-refractivity contribution in [3.8, 4) is 0 Å². The number of pyridine rings is 1. The number of piperidine rings is 1. The fourth-order valence-electron chi connectivity index (χ4n) is 2.16. The Morgan fingerprint density at radius 2 is 2.22 bits per heavy atom. The molecule has 0 saturated carbocycles. The second kappa shape index (κ2) is 5.89. The molecule has 1 aromatic heterocycles. The Morgan fingerprint density at radius 1 is 1.56 bits per heavy atom. The lowest BCUT2D eigenvalue weighted by atomic mass is 10.1. The predicted octanol–water partition coefficient (Wildman–Crippen LogP) is 2.60. The van der Waals surface area contributed by atoms with E-state index in [0.717, 1.165) is 36.2 Å². The maximum atomic E-state index is 11.0. The molecule has 0 unspecified atom stereocenters. The lowest BCUT2D eigenvalue weighted by Crippen LogP contribution is -2.44. The zero-order chi connectivity index (χ0) is 13.1. The lowest BCUT2D eigenvalue weighted by molar-refractivity contribution is -0.119. The first-order chi connectivity index (χ1) is 8.56. The molecule has 0 bridgehead atoms. The van der Waals surface area contributed by atoms with Crippen molar-refractivity contribution in [2.45, 2.75) is 25.8 Å². The summed E-state index contributed by atoms with van der Waals surface area (Å²) >= 11 is 9.36. The number of amides is 1. The van der Waals surface area contributed by atoms with Crippen LogP contribution in [0.1, 0.15) is 19.8 Å². The van der Waals surface area contributed by atoms with Crippen molar-refractivity contribution in [2.75, 3.05) is 18.0 Å². The van der Waals surface area contributed by atoms with Crippen LogP contribution in [0.2, 0.25) is 5.02 Å². The number of aromatic nitrogens is 1. The average molecular weight is 333 g/mol. The van der Waals surface area contributed by atoms with Crippen LogP contribution in [0.5, 0.6) is 0 Å². The number of hydrogen-bond acceptors (Lipinski definition) is 3. The van der Waals surface area contributed by atoms with Gasteiger partial charge < -0.3 is 10.2 Å². The summed E-state index contributed by atoms with van der Waals surface area (Å²) in [6.45, 7) is 3.33. The molecule has 1 aliphatic heterocycles. The highest BCUT2D eigenvalue weighted by molar-refractivity contribution is 9.10. The summed E-state index contributed by atoms with van der Waals surface area (Å²) in [5.41, 5.74) is 0. The molecule has 4 nitrogen and oxygen atoms in total. The topological polar surface area (TPSA) is 45.2 Å². The van der Waals surface area contributed by atoms with Gasteiger partial charge in [-0.05, 0) is 34.8 Å². The van der Waals surface area contributed by atoms with Crippen molar-refractivity contribution in [2.24, 2.45) is 0 Å². The monoisotopic (exact) mass is 331 g/mol. The van der Waals surface area contributed by atoms with Gasteiger partial charge >= 0.3 is 0 Å². The minimum absolute atomic E-state index is 0.0410. The molecule has 18 heavy (non-hydrogen) atoms. The fraction of sp³-hybridized carbons (Fsp3) is 0.500. The normalized spacial score (nSPS) is 16.7. The van der Waals surface area contributed by atoms with E-state index in [-0.39, 0.29) is 11.9 Å². The number of halogens is 2. The van der Waals surface area contributed by atoms with E-state index in [2.05, 4.69) is 31.1 Å². The summed E-state index contributed by atoms with van der Waals surface area (Å²) in [6, 6.07) is 2.13. The molecule has 0 spiro atoms. The first-order valence-corrected chi connectivity index (χ1v) is 7.06. The molecule has 0 atom stereocenters. The minimum atomic E-state index is 0.0410. The van der Waals surface area contributed by atoms with E-state index in [1.54, 1.807) is 13.1 Å². The van der Waals surface area contributed by atoms with Crippen LogP contribution in [0.4, 0.5) is 5.82 Å². The van der Waals surface area contributed by atoms with Crippen molar-refractivity contribution < 1.29 is 4.79 Å². The van der Waals surface area contributed by atoms with Crippen molar-refractivity contribution in [3.63, 3.8) is 0 Å². The SMILES string of the molecule is CC(=O)NC1CCN(c2ncc(Cl)cc2Br)CC1. The quantitative estimate of drug-likeness (QED) is 0.905. The maximum Gasteiger partial charge on any atom is 0.217 e. The Morgan fingerprint density at radius 3 is 2.78 bits per heavy atom. The van der Waals surface area contributed by atoms with E-state index in [9.17, 15) is 4.79 Å². The standard InChI is InChI=1S/C12H15BrClN3O/c1-8(18)16-10-2-4-17(5-3-10)12-11(13)6-9(14)7-15-12/h6-7,10H,2-5H2,1H3,(H,16,18). The molecule has 6 heteroatoms. The van der Waals surface area contributed by atoms with Crippen molar-refractivity contribution >= 4 is 39.3 Å². The van der Waals surface area contributed by atoms with Crippen LogP contribution in [0, 0.1) is 0 Å². The van der Waals surface area contributed by atoms with Gasteiger partial charge in [0.2, 0.25) is 5.91 Å². The third kappa shape index (κ3) is 3.36. The first-order valence-electron chi connectivity index (χ1n) is 5.89. The molecule has 1 aliphatic rings. The number of nitrogens with one attached hydrogen (secondary N) is 1. The largest absolute Gasteiger partial charge is 0.356 e. The molecule has 2 rings (SSSR count). The van der Waals surface area contributed by atoms with E-state index in [1.165, 1.54) is 0 Å². The minimum Gasteiger partial charge on any atom is -0.356 e. The molecule has 1 saturated heterocycles. The second-order valence-corrected chi connectivity index (χ2v) is 5.71. The highest BCUT2D eigenvalue weighted by atomic mass is 79.9. The molecule has 0 aromatic carbocycles. The van der Waals surface area contributed by atoms with Crippen LogP contribution in [0.15, 0.2) is 16.7 Å². The van der Waals surface area contributed by atoms with Crippen molar-refractivity contribution in [1.29, 1.82) is 0 Å². The second-order valence-electron chi connectivity index (χ2n) is 4.42. The fourth-order valence-corrected chi connectivity index (χ4v) is 3.05. The van der Waals surface area contributed by atoms with E-state index in [0.29, 0.717) is 5.02 Å². The van der Waals surface area contributed by atoms with Gasteiger partial charge in [-0.15, -0.1) is 0 Å². The molecule has 1 N–H and O–H groups in total. The predicted molar refractivity (Wildman–Crippen MR) is 76.0 cm³/mol. The Hall–Kier alpha value is -0.810. The Balaban J connectivity index is 1.99. The van der Waals surface area contributed by atoms with Crippen LogP contribution >= 0.6 is 27.5 Å². The van der Waals surface area contributed by atoms with Gasteiger partial charge in [-0.25, -0.2) is 4.98 Å². The highest BCUT2D eigenvalue weighted by Crippen LogP contribution is 2.28. The summed E-state index contributed by atoms with van der Waals surface area (Å²) in [7, 11) is 0. The first kappa shape index (κ1) is 13.6. The number of carbonyl (C=O) groups is 1. The lowest BCUT2D eigenvalue weighted by Gasteiger charge is -2.33. The summed E-state index contributed by atoms with van der Waals surface area (Å²) in [6.07, 6.45) is 3.54. The van der Waals surface area contributed by atoms with Gasteiger partial charge in [0.05, 0.1) is 9.50 Å². The smallest absolute Gasteiger partial charge is 0.217 e. The highest BCUT2D eigenvalue weighted by Gasteiger charge is 2.21. The van der Waals surface area contributed by atoms with E-state index in [1.807, 2.05) is 6.07 Å². The maximum absolute atomic E-state index is 11.0. The van der Waals surface area contributed by atoms with Crippen LogP contribution in [-0.2, 0) is 4.79 Å². The molecule has 98 valence electrons. The van der Waals surface area contributed by atoms with Crippen molar-refractivity contribution in [1.82, 2.24) is 10.3 Å².